The number of nitrogens with one attached hydrogen (secondary N) is 1. The molecular weight excluding hydrogens is 228 g/mol. The van der Waals surface area contributed by atoms with E-state index in [1.165, 1.54) is 0 Å². The summed E-state index contributed by atoms with van der Waals surface area (Å²) in [5, 5.41) is 7.60. The van der Waals surface area contributed by atoms with E-state index in [1.807, 2.05) is 19.3 Å². The van der Waals surface area contributed by atoms with Gasteiger partial charge in [0.15, 0.2) is 0 Å². The predicted molar refractivity (Wildman–Crippen MR) is 62.0 cm³/mol. The fourth-order valence-electron chi connectivity index (χ4n) is 1.26. The molecule has 0 aliphatic rings. The Morgan fingerprint density at radius 2 is 2.31 bits per heavy atom. The van der Waals surface area contributed by atoms with Crippen molar-refractivity contribution in [3.63, 3.8) is 0 Å². The Bertz CT molecular complexity index is 474. The second-order valence-corrected chi connectivity index (χ2v) is 3.66. The maximum Gasteiger partial charge on any atom is 0.223 e. The monoisotopic (exact) mass is 238 g/mol. The number of anilines is 2. The van der Waals surface area contributed by atoms with Gasteiger partial charge in [0.1, 0.15) is 11.0 Å². The molecule has 0 aliphatic carbocycles. The molecule has 0 saturated heterocycles. The van der Waals surface area contributed by atoms with E-state index >= 15 is 0 Å². The molecule has 0 bridgehead atoms. The molecule has 0 saturated carbocycles. The number of hydrogen-bond donors (Lipinski definition) is 2. The largest absolute Gasteiger partial charge is 0.368 e. The highest BCUT2D eigenvalue weighted by atomic mass is 35.5. The summed E-state index contributed by atoms with van der Waals surface area (Å²) in [5.41, 5.74) is 6.38. The van der Waals surface area contributed by atoms with Crippen LogP contribution in [0.15, 0.2) is 18.3 Å². The average Bonchev–Trinajstić information content (AvgIpc) is 2.60. The van der Waals surface area contributed by atoms with Crippen molar-refractivity contribution in [1.82, 2.24) is 19.7 Å². The first-order chi connectivity index (χ1) is 7.63. The first kappa shape index (κ1) is 10.7. The van der Waals surface area contributed by atoms with Crippen molar-refractivity contribution in [2.24, 2.45) is 7.05 Å². The smallest absolute Gasteiger partial charge is 0.223 e. The molecule has 0 aromatic carbocycles. The van der Waals surface area contributed by atoms with E-state index in [2.05, 4.69) is 20.4 Å². The Morgan fingerprint density at radius 1 is 1.50 bits per heavy atom. The Morgan fingerprint density at radius 3 is 2.94 bits per heavy atom. The first-order valence-corrected chi connectivity index (χ1v) is 5.04. The summed E-state index contributed by atoms with van der Waals surface area (Å²) in [6.07, 6.45) is 1.87. The average molecular weight is 239 g/mol. The molecule has 3 N–H and O–H groups in total. The van der Waals surface area contributed by atoms with Crippen molar-refractivity contribution < 1.29 is 0 Å². The Balaban J connectivity index is 2.04. The molecule has 0 fully saturated rings. The van der Waals surface area contributed by atoms with Gasteiger partial charge in [-0.2, -0.15) is 10.1 Å². The molecule has 84 valence electrons. The molecule has 7 heteroatoms. The van der Waals surface area contributed by atoms with E-state index in [4.69, 9.17) is 17.3 Å². The van der Waals surface area contributed by atoms with E-state index in [9.17, 15) is 0 Å². The molecule has 0 radical (unpaired) electrons. The van der Waals surface area contributed by atoms with Crippen LogP contribution in [-0.2, 0) is 13.6 Å². The lowest BCUT2D eigenvalue weighted by Crippen LogP contribution is -2.05. The lowest BCUT2D eigenvalue weighted by Gasteiger charge is -2.04. The number of aryl methyl sites for hydroxylation is 1. The van der Waals surface area contributed by atoms with Crippen LogP contribution in [0.3, 0.4) is 0 Å². The summed E-state index contributed by atoms with van der Waals surface area (Å²) in [6.45, 7) is 0.563. The van der Waals surface area contributed by atoms with Gasteiger partial charge in [0, 0.05) is 19.3 Å². The van der Waals surface area contributed by atoms with Crippen LogP contribution in [-0.4, -0.2) is 19.7 Å². The zero-order chi connectivity index (χ0) is 11.5. The third-order valence-electron chi connectivity index (χ3n) is 1.93. The van der Waals surface area contributed by atoms with E-state index in [-0.39, 0.29) is 5.95 Å². The standard InChI is InChI=1S/C9H11ClN6/c1-16-3-2-6(15-16)5-12-8-4-7(10)13-9(11)14-8/h2-4H,5H2,1H3,(H3,11,12,13,14). The molecule has 2 rings (SSSR count). The van der Waals surface area contributed by atoms with Crippen LogP contribution in [0.2, 0.25) is 5.15 Å². The Hall–Kier alpha value is -1.82. The van der Waals surface area contributed by atoms with Crippen molar-refractivity contribution in [2.45, 2.75) is 6.54 Å². The third-order valence-corrected chi connectivity index (χ3v) is 2.13. The summed E-state index contributed by atoms with van der Waals surface area (Å²) in [4.78, 5) is 7.76. The van der Waals surface area contributed by atoms with Gasteiger partial charge in [-0.3, -0.25) is 4.68 Å². The van der Waals surface area contributed by atoms with Crippen LogP contribution in [0.25, 0.3) is 0 Å². The predicted octanol–water partition coefficient (Wildman–Crippen LogP) is 1.06. The number of rotatable bonds is 3. The maximum absolute atomic E-state index is 5.75. The van der Waals surface area contributed by atoms with Crippen LogP contribution in [0.1, 0.15) is 5.69 Å². The number of aromatic nitrogens is 4. The highest BCUT2D eigenvalue weighted by Crippen LogP contribution is 2.12. The Labute approximate surface area is 97.5 Å². The summed E-state index contributed by atoms with van der Waals surface area (Å²) >= 11 is 5.75. The van der Waals surface area contributed by atoms with Crippen LogP contribution in [0.5, 0.6) is 0 Å². The molecule has 2 aromatic heterocycles. The van der Waals surface area contributed by atoms with Crippen LogP contribution in [0.4, 0.5) is 11.8 Å². The molecule has 2 aromatic rings. The fourth-order valence-corrected chi connectivity index (χ4v) is 1.45. The molecular formula is C9H11ClN6. The molecule has 16 heavy (non-hydrogen) atoms. The van der Waals surface area contributed by atoms with Crippen molar-refractivity contribution in [3.8, 4) is 0 Å². The summed E-state index contributed by atoms with van der Waals surface area (Å²) in [5.74, 6) is 0.735. The quantitative estimate of drug-likeness (QED) is 0.782. The van der Waals surface area contributed by atoms with Gasteiger partial charge in [0.2, 0.25) is 5.95 Å². The minimum Gasteiger partial charge on any atom is -0.368 e. The number of halogens is 1. The summed E-state index contributed by atoms with van der Waals surface area (Å²) in [6, 6.07) is 3.53. The van der Waals surface area contributed by atoms with E-state index in [1.54, 1.807) is 10.7 Å². The fraction of sp³-hybridized carbons (Fsp3) is 0.222. The zero-order valence-corrected chi connectivity index (χ0v) is 9.44. The van der Waals surface area contributed by atoms with Gasteiger partial charge >= 0.3 is 0 Å². The van der Waals surface area contributed by atoms with E-state index in [0.29, 0.717) is 17.5 Å². The molecule has 6 nitrogen and oxygen atoms in total. The van der Waals surface area contributed by atoms with Gasteiger partial charge in [-0.05, 0) is 6.07 Å². The molecule has 2 heterocycles. The molecule has 0 spiro atoms. The second kappa shape index (κ2) is 4.36. The van der Waals surface area contributed by atoms with Gasteiger partial charge in [0.05, 0.1) is 12.2 Å². The van der Waals surface area contributed by atoms with Gasteiger partial charge < -0.3 is 11.1 Å². The molecule has 0 atom stereocenters. The van der Waals surface area contributed by atoms with Crippen molar-refractivity contribution in [2.75, 3.05) is 11.1 Å². The second-order valence-electron chi connectivity index (χ2n) is 3.27. The minimum atomic E-state index is 0.149. The Kier molecular flexibility index (Phi) is 2.91. The lowest BCUT2D eigenvalue weighted by molar-refractivity contribution is 0.747. The summed E-state index contributed by atoms with van der Waals surface area (Å²) in [7, 11) is 1.86. The highest BCUT2D eigenvalue weighted by Gasteiger charge is 2.01. The minimum absolute atomic E-state index is 0.149. The van der Waals surface area contributed by atoms with Gasteiger partial charge in [-0.1, -0.05) is 11.6 Å². The molecule has 0 amide bonds. The van der Waals surface area contributed by atoms with Crippen molar-refractivity contribution in [3.05, 3.63) is 29.2 Å². The third kappa shape index (κ3) is 2.60. The van der Waals surface area contributed by atoms with Gasteiger partial charge in [0.25, 0.3) is 0 Å². The van der Waals surface area contributed by atoms with Crippen molar-refractivity contribution >= 4 is 23.4 Å². The molecule has 0 aliphatic heterocycles. The van der Waals surface area contributed by atoms with Crippen LogP contribution in [0, 0.1) is 0 Å². The lowest BCUT2D eigenvalue weighted by atomic mass is 10.4. The molecule has 0 unspecified atom stereocenters. The normalized spacial score (nSPS) is 10.4. The van der Waals surface area contributed by atoms with Crippen molar-refractivity contribution in [1.29, 1.82) is 0 Å². The van der Waals surface area contributed by atoms with Gasteiger partial charge in [-0.25, -0.2) is 4.98 Å². The SMILES string of the molecule is Cn1ccc(CNc2cc(Cl)nc(N)n2)n1. The van der Waals surface area contributed by atoms with Crippen LogP contribution < -0.4 is 11.1 Å². The van der Waals surface area contributed by atoms with E-state index < -0.39 is 0 Å². The maximum atomic E-state index is 5.75. The number of hydrogen-bond acceptors (Lipinski definition) is 5. The van der Waals surface area contributed by atoms with Crippen LogP contribution >= 0.6 is 11.6 Å². The van der Waals surface area contributed by atoms with Gasteiger partial charge in [-0.15, -0.1) is 0 Å². The zero-order valence-electron chi connectivity index (χ0n) is 8.68. The number of nitrogen functional groups attached to an aromatic ring is 1. The number of nitrogens with zero attached hydrogens (tertiary/aromatic N) is 4. The first-order valence-electron chi connectivity index (χ1n) is 4.66. The number of nitrogens with two attached hydrogens (primary N) is 1. The summed E-state index contributed by atoms with van der Waals surface area (Å²) < 4.78 is 1.73. The van der Waals surface area contributed by atoms with E-state index in [0.717, 1.165) is 5.69 Å². The topological polar surface area (TPSA) is 81.7 Å². The highest BCUT2D eigenvalue weighted by molar-refractivity contribution is 6.29.